The van der Waals surface area contributed by atoms with E-state index in [1.807, 2.05) is 0 Å². The van der Waals surface area contributed by atoms with Crippen molar-refractivity contribution >= 4 is 17.2 Å². The third kappa shape index (κ3) is 3.72. The molecule has 2 atom stereocenters. The molecule has 0 aromatic heterocycles. The van der Waals surface area contributed by atoms with E-state index in [1.165, 1.54) is 0 Å². The molecule has 0 aromatic carbocycles. The minimum Gasteiger partial charge on any atom is -0.374 e. The van der Waals surface area contributed by atoms with Gasteiger partial charge in [0.15, 0.2) is 5.08 Å². The van der Waals surface area contributed by atoms with Crippen LogP contribution in [0.15, 0.2) is 0 Å². The largest absolute Gasteiger partial charge is 0.374 e. The van der Waals surface area contributed by atoms with Crippen molar-refractivity contribution in [3.05, 3.63) is 0 Å². The predicted octanol–water partition coefficient (Wildman–Crippen LogP) is -0.746. The fourth-order valence-corrected chi connectivity index (χ4v) is 1.55. The Morgan fingerprint density at radius 1 is 1.45 bits per heavy atom. The van der Waals surface area contributed by atoms with Crippen molar-refractivity contribution < 1.29 is 19.8 Å². The highest BCUT2D eigenvalue weighted by Crippen LogP contribution is 2.52. The molecular formula is C4H13NO4P2. The molecule has 0 heterocycles. The van der Waals surface area contributed by atoms with E-state index in [0.29, 0.717) is 13.0 Å². The summed E-state index contributed by atoms with van der Waals surface area (Å²) in [4.78, 5) is 26.0. The standard InChI is InChI=1S/C4H13NO4P2/c5-3-1-2-4(6,10-7)11(8)9/h6-10H,1-3,5H2. The summed E-state index contributed by atoms with van der Waals surface area (Å²) in [5.41, 5.74) is 5.14. The van der Waals surface area contributed by atoms with E-state index in [4.69, 9.17) is 20.4 Å². The van der Waals surface area contributed by atoms with Gasteiger partial charge in [-0.25, -0.2) is 0 Å². The first-order chi connectivity index (χ1) is 5.06. The van der Waals surface area contributed by atoms with Crippen molar-refractivity contribution in [2.24, 2.45) is 5.73 Å². The molecule has 0 aliphatic heterocycles. The molecule has 0 aliphatic carbocycles. The van der Waals surface area contributed by atoms with E-state index in [-0.39, 0.29) is 6.42 Å². The van der Waals surface area contributed by atoms with Gasteiger partial charge in [-0.05, 0) is 19.4 Å². The van der Waals surface area contributed by atoms with Crippen LogP contribution in [0.25, 0.3) is 0 Å². The molecule has 0 fully saturated rings. The van der Waals surface area contributed by atoms with Gasteiger partial charge in [0.2, 0.25) is 8.38 Å². The first kappa shape index (κ1) is 11.7. The third-order valence-electron chi connectivity index (χ3n) is 1.24. The Labute approximate surface area is 68.0 Å². The Kier molecular flexibility index (Phi) is 5.65. The molecule has 0 amide bonds. The molecule has 6 N–H and O–H groups in total. The van der Waals surface area contributed by atoms with Gasteiger partial charge in [0.25, 0.3) is 0 Å². The summed E-state index contributed by atoms with van der Waals surface area (Å²) in [6, 6.07) is 0. The number of nitrogens with two attached hydrogens (primary N) is 1. The SMILES string of the molecule is NCCCC(O)(PO)P(O)O. The lowest BCUT2D eigenvalue weighted by Gasteiger charge is -2.25. The van der Waals surface area contributed by atoms with Gasteiger partial charge in [0.1, 0.15) is 0 Å². The molecular weight excluding hydrogens is 188 g/mol. The van der Waals surface area contributed by atoms with Gasteiger partial charge in [-0.3, -0.25) is 0 Å². The minimum atomic E-state index is -2.50. The molecule has 0 radical (unpaired) electrons. The van der Waals surface area contributed by atoms with Crippen molar-refractivity contribution in [1.82, 2.24) is 0 Å². The quantitative estimate of drug-likeness (QED) is 0.376. The van der Waals surface area contributed by atoms with E-state index in [9.17, 15) is 5.11 Å². The Morgan fingerprint density at radius 3 is 2.27 bits per heavy atom. The van der Waals surface area contributed by atoms with Gasteiger partial charge in [0.05, 0.1) is 8.81 Å². The molecule has 11 heavy (non-hydrogen) atoms. The van der Waals surface area contributed by atoms with Crippen LogP contribution in [-0.4, -0.2) is 31.4 Å². The normalized spacial score (nSPS) is 18.0. The summed E-state index contributed by atoms with van der Waals surface area (Å²) in [5.74, 6) is 0. The lowest BCUT2D eigenvalue weighted by Crippen LogP contribution is -2.21. The molecule has 2 unspecified atom stereocenters. The fourth-order valence-electron chi connectivity index (χ4n) is 0.549. The van der Waals surface area contributed by atoms with Gasteiger partial charge >= 0.3 is 0 Å². The predicted molar refractivity (Wildman–Crippen MR) is 45.1 cm³/mol. The lowest BCUT2D eigenvalue weighted by molar-refractivity contribution is 0.173. The minimum absolute atomic E-state index is 0.122. The summed E-state index contributed by atoms with van der Waals surface area (Å²) >= 11 is 0. The number of hydrogen-bond donors (Lipinski definition) is 5. The van der Waals surface area contributed by atoms with Crippen LogP contribution < -0.4 is 5.73 Å². The number of aliphatic hydroxyl groups is 1. The highest BCUT2D eigenvalue weighted by atomic mass is 31.2. The number of rotatable bonds is 5. The van der Waals surface area contributed by atoms with Crippen LogP contribution in [0, 0.1) is 0 Å². The molecule has 5 nitrogen and oxygen atoms in total. The van der Waals surface area contributed by atoms with Crippen LogP contribution in [0.5, 0.6) is 0 Å². The molecule has 0 saturated carbocycles. The van der Waals surface area contributed by atoms with Crippen LogP contribution in [0.1, 0.15) is 12.8 Å². The van der Waals surface area contributed by atoms with Crippen LogP contribution in [0.2, 0.25) is 0 Å². The summed E-state index contributed by atoms with van der Waals surface area (Å²) in [6.07, 6.45) is 0.584. The van der Waals surface area contributed by atoms with Crippen molar-refractivity contribution in [2.75, 3.05) is 6.54 Å². The molecule has 0 spiro atoms. The van der Waals surface area contributed by atoms with Crippen LogP contribution in [0.4, 0.5) is 0 Å². The average molecular weight is 201 g/mol. The highest BCUT2D eigenvalue weighted by molar-refractivity contribution is 7.60. The van der Waals surface area contributed by atoms with Crippen molar-refractivity contribution in [3.63, 3.8) is 0 Å². The maximum Gasteiger partial charge on any atom is 0.206 e. The zero-order valence-corrected chi connectivity index (χ0v) is 7.83. The molecule has 0 rings (SSSR count). The average Bonchev–Trinajstić information content (AvgIpc) is 2.00. The van der Waals surface area contributed by atoms with Gasteiger partial charge in [0, 0.05) is 0 Å². The molecule has 0 bridgehead atoms. The van der Waals surface area contributed by atoms with Crippen molar-refractivity contribution in [1.29, 1.82) is 0 Å². The Balaban J connectivity index is 3.88. The van der Waals surface area contributed by atoms with Crippen molar-refractivity contribution in [3.8, 4) is 0 Å². The van der Waals surface area contributed by atoms with Crippen LogP contribution in [-0.2, 0) is 0 Å². The zero-order valence-electron chi connectivity index (χ0n) is 5.93. The maximum atomic E-state index is 9.26. The second kappa shape index (κ2) is 5.33. The molecule has 0 aliphatic rings. The molecule has 68 valence electrons. The van der Waals surface area contributed by atoms with E-state index in [1.54, 1.807) is 0 Å². The monoisotopic (exact) mass is 201 g/mol. The lowest BCUT2D eigenvalue weighted by atomic mass is 10.3. The first-order valence-electron chi connectivity index (χ1n) is 3.08. The fraction of sp³-hybridized carbons (Fsp3) is 1.00. The first-order valence-corrected chi connectivity index (χ1v) is 5.28. The second-order valence-electron chi connectivity index (χ2n) is 2.11. The molecule has 0 saturated heterocycles. The van der Waals surface area contributed by atoms with Crippen molar-refractivity contribution in [2.45, 2.75) is 17.9 Å². The van der Waals surface area contributed by atoms with E-state index >= 15 is 0 Å². The van der Waals surface area contributed by atoms with Gasteiger partial charge in [-0.1, -0.05) is 0 Å². The Hall–Kier alpha value is 0.660. The summed E-state index contributed by atoms with van der Waals surface area (Å²) in [5, 5.41) is 7.54. The number of hydrogen-bond acceptors (Lipinski definition) is 5. The Bertz CT molecular complexity index is 114. The molecule has 7 heteroatoms. The van der Waals surface area contributed by atoms with E-state index in [0.717, 1.165) is 0 Å². The van der Waals surface area contributed by atoms with E-state index < -0.39 is 22.3 Å². The van der Waals surface area contributed by atoms with Crippen LogP contribution in [0.3, 0.4) is 0 Å². The highest BCUT2D eigenvalue weighted by Gasteiger charge is 2.34. The van der Waals surface area contributed by atoms with Gasteiger partial charge in [-0.2, -0.15) is 0 Å². The summed E-state index contributed by atoms with van der Waals surface area (Å²) < 4.78 is 0. The van der Waals surface area contributed by atoms with Gasteiger partial charge in [-0.15, -0.1) is 0 Å². The summed E-state index contributed by atoms with van der Waals surface area (Å²) in [7, 11) is -3.37. The summed E-state index contributed by atoms with van der Waals surface area (Å²) in [6.45, 7) is 0.357. The smallest absolute Gasteiger partial charge is 0.206 e. The van der Waals surface area contributed by atoms with Crippen LogP contribution >= 0.6 is 17.2 Å². The second-order valence-corrected chi connectivity index (χ2v) is 4.90. The molecule has 0 aromatic rings. The zero-order chi connectivity index (χ0) is 8.91. The van der Waals surface area contributed by atoms with Gasteiger partial charge < -0.3 is 25.5 Å². The van der Waals surface area contributed by atoms with E-state index in [2.05, 4.69) is 0 Å². The Morgan fingerprint density at radius 2 is 2.00 bits per heavy atom. The topological polar surface area (TPSA) is 107 Å². The third-order valence-corrected chi connectivity index (χ3v) is 3.63. The maximum absolute atomic E-state index is 9.26.